The van der Waals surface area contributed by atoms with Crippen molar-refractivity contribution in [3.8, 4) is 6.07 Å². The number of hydrogen-bond acceptors (Lipinski definition) is 3. The van der Waals surface area contributed by atoms with Gasteiger partial charge in [-0.05, 0) is 18.2 Å². The third-order valence-corrected chi connectivity index (χ3v) is 2.89. The van der Waals surface area contributed by atoms with Crippen LogP contribution >= 0.6 is 23.4 Å². The molecular formula is C10H10ClNOS. The Bertz CT molecular complexity index is 348. The zero-order valence-corrected chi connectivity index (χ0v) is 9.36. The van der Waals surface area contributed by atoms with E-state index in [-0.39, 0.29) is 0 Å². The number of nitriles is 1. The predicted octanol–water partition coefficient (Wildman–Crippen LogP) is 2.95. The summed E-state index contributed by atoms with van der Waals surface area (Å²) in [6.07, 6.45) is 0. The van der Waals surface area contributed by atoms with Crippen LogP contribution in [0.3, 0.4) is 0 Å². The number of hydrogen-bond donors (Lipinski definition) is 0. The van der Waals surface area contributed by atoms with Gasteiger partial charge < -0.3 is 4.74 Å². The Balaban J connectivity index is 2.63. The molecule has 0 bridgehead atoms. The summed E-state index contributed by atoms with van der Waals surface area (Å²) >= 11 is 7.53. The Morgan fingerprint density at radius 3 is 2.93 bits per heavy atom. The first-order chi connectivity index (χ1) is 6.77. The van der Waals surface area contributed by atoms with Gasteiger partial charge in [-0.25, -0.2) is 0 Å². The number of rotatable bonds is 4. The Morgan fingerprint density at radius 1 is 1.57 bits per heavy atom. The lowest BCUT2D eigenvalue weighted by Gasteiger charge is -2.02. The van der Waals surface area contributed by atoms with Gasteiger partial charge in [0.25, 0.3) is 0 Å². The van der Waals surface area contributed by atoms with Gasteiger partial charge in [-0.1, -0.05) is 11.6 Å². The number of methoxy groups -OCH3 is 1. The van der Waals surface area contributed by atoms with Crippen LogP contribution in [0.1, 0.15) is 5.56 Å². The van der Waals surface area contributed by atoms with Gasteiger partial charge in [0, 0.05) is 17.8 Å². The van der Waals surface area contributed by atoms with E-state index in [2.05, 4.69) is 0 Å². The van der Waals surface area contributed by atoms with E-state index in [0.29, 0.717) is 17.2 Å². The first kappa shape index (κ1) is 11.4. The molecule has 0 atom stereocenters. The van der Waals surface area contributed by atoms with Crippen molar-refractivity contribution in [3.05, 3.63) is 28.8 Å². The van der Waals surface area contributed by atoms with Crippen molar-refractivity contribution in [3.63, 3.8) is 0 Å². The molecule has 14 heavy (non-hydrogen) atoms. The van der Waals surface area contributed by atoms with Gasteiger partial charge in [0.1, 0.15) is 6.07 Å². The highest BCUT2D eigenvalue weighted by Gasteiger charge is 2.00. The second-order valence-electron chi connectivity index (χ2n) is 2.59. The van der Waals surface area contributed by atoms with Crippen LogP contribution in [-0.4, -0.2) is 19.5 Å². The van der Waals surface area contributed by atoms with E-state index in [0.717, 1.165) is 10.6 Å². The van der Waals surface area contributed by atoms with E-state index in [4.69, 9.17) is 21.6 Å². The number of benzene rings is 1. The molecule has 0 aliphatic carbocycles. The molecule has 74 valence electrons. The quantitative estimate of drug-likeness (QED) is 0.586. The van der Waals surface area contributed by atoms with Crippen LogP contribution in [-0.2, 0) is 4.74 Å². The lowest BCUT2D eigenvalue weighted by molar-refractivity contribution is 0.218. The molecular weight excluding hydrogens is 218 g/mol. The van der Waals surface area contributed by atoms with Gasteiger partial charge >= 0.3 is 0 Å². The lowest BCUT2D eigenvalue weighted by atomic mass is 10.2. The zero-order valence-electron chi connectivity index (χ0n) is 7.79. The molecule has 0 heterocycles. The average Bonchev–Trinajstić information content (AvgIpc) is 2.18. The SMILES string of the molecule is COCCSc1ccc(C#N)c(Cl)c1. The molecule has 0 fully saturated rings. The van der Waals surface area contributed by atoms with E-state index in [1.807, 2.05) is 12.1 Å². The molecule has 1 aromatic rings. The maximum Gasteiger partial charge on any atom is 0.101 e. The highest BCUT2D eigenvalue weighted by molar-refractivity contribution is 7.99. The van der Waals surface area contributed by atoms with Crippen LogP contribution in [0.5, 0.6) is 0 Å². The van der Waals surface area contributed by atoms with Gasteiger partial charge in [0.2, 0.25) is 0 Å². The van der Waals surface area contributed by atoms with E-state index in [1.54, 1.807) is 31.0 Å². The van der Waals surface area contributed by atoms with Gasteiger partial charge in [-0.15, -0.1) is 11.8 Å². The molecule has 0 radical (unpaired) electrons. The molecule has 0 aliphatic rings. The number of ether oxygens (including phenoxy) is 1. The minimum Gasteiger partial charge on any atom is -0.384 e. The average molecular weight is 228 g/mol. The fraction of sp³-hybridized carbons (Fsp3) is 0.300. The first-order valence-corrected chi connectivity index (χ1v) is 5.45. The summed E-state index contributed by atoms with van der Waals surface area (Å²) in [5, 5.41) is 9.17. The predicted molar refractivity (Wildman–Crippen MR) is 58.8 cm³/mol. The van der Waals surface area contributed by atoms with Crippen molar-refractivity contribution in [2.75, 3.05) is 19.5 Å². The first-order valence-electron chi connectivity index (χ1n) is 4.09. The van der Waals surface area contributed by atoms with E-state index >= 15 is 0 Å². The second-order valence-corrected chi connectivity index (χ2v) is 4.17. The minimum atomic E-state index is 0.509. The summed E-state index contributed by atoms with van der Waals surface area (Å²) in [5.41, 5.74) is 0.516. The van der Waals surface area contributed by atoms with Crippen LogP contribution in [0, 0.1) is 11.3 Å². The topological polar surface area (TPSA) is 33.0 Å². The number of thioether (sulfide) groups is 1. The molecule has 0 saturated carbocycles. The zero-order chi connectivity index (χ0) is 10.4. The standard InChI is InChI=1S/C10H10ClNOS/c1-13-4-5-14-9-3-2-8(7-12)10(11)6-9/h2-3,6H,4-5H2,1H3. The highest BCUT2D eigenvalue weighted by atomic mass is 35.5. The smallest absolute Gasteiger partial charge is 0.101 e. The molecule has 0 spiro atoms. The van der Waals surface area contributed by atoms with Gasteiger partial charge in [-0.3, -0.25) is 0 Å². The summed E-state index contributed by atoms with van der Waals surface area (Å²) < 4.78 is 4.93. The van der Waals surface area contributed by atoms with Crippen molar-refractivity contribution in [1.82, 2.24) is 0 Å². The van der Waals surface area contributed by atoms with Gasteiger partial charge in [-0.2, -0.15) is 5.26 Å². The summed E-state index contributed by atoms with van der Waals surface area (Å²) in [5.74, 6) is 0.888. The van der Waals surface area contributed by atoms with Crippen molar-refractivity contribution >= 4 is 23.4 Å². The molecule has 2 nitrogen and oxygen atoms in total. The third-order valence-electron chi connectivity index (χ3n) is 1.62. The Labute approximate surface area is 92.8 Å². The van der Waals surface area contributed by atoms with Crippen LogP contribution in [0.25, 0.3) is 0 Å². The monoisotopic (exact) mass is 227 g/mol. The van der Waals surface area contributed by atoms with E-state index < -0.39 is 0 Å². The molecule has 0 aromatic heterocycles. The van der Waals surface area contributed by atoms with Crippen molar-refractivity contribution in [2.45, 2.75) is 4.90 Å². The highest BCUT2D eigenvalue weighted by Crippen LogP contribution is 2.24. The number of nitrogens with zero attached hydrogens (tertiary/aromatic N) is 1. The molecule has 0 N–H and O–H groups in total. The van der Waals surface area contributed by atoms with E-state index in [9.17, 15) is 0 Å². The van der Waals surface area contributed by atoms with Crippen LogP contribution in [0.15, 0.2) is 23.1 Å². The van der Waals surface area contributed by atoms with E-state index in [1.165, 1.54) is 0 Å². The fourth-order valence-corrected chi connectivity index (χ4v) is 2.06. The number of halogens is 1. The summed E-state index contributed by atoms with van der Waals surface area (Å²) in [7, 11) is 1.67. The normalized spacial score (nSPS) is 9.79. The lowest BCUT2D eigenvalue weighted by Crippen LogP contribution is -1.91. The molecule has 0 saturated heterocycles. The largest absolute Gasteiger partial charge is 0.384 e. The molecule has 0 amide bonds. The molecule has 0 aliphatic heterocycles. The second kappa shape index (κ2) is 5.92. The maximum atomic E-state index is 8.66. The van der Waals surface area contributed by atoms with Crippen molar-refractivity contribution in [1.29, 1.82) is 5.26 Å². The molecule has 1 aromatic carbocycles. The van der Waals surface area contributed by atoms with Crippen molar-refractivity contribution < 1.29 is 4.74 Å². The van der Waals surface area contributed by atoms with Gasteiger partial charge in [0.05, 0.1) is 17.2 Å². The van der Waals surface area contributed by atoms with Crippen LogP contribution < -0.4 is 0 Å². The molecule has 0 unspecified atom stereocenters. The van der Waals surface area contributed by atoms with Crippen LogP contribution in [0.4, 0.5) is 0 Å². The Kier molecular flexibility index (Phi) is 4.81. The van der Waals surface area contributed by atoms with Gasteiger partial charge in [0.15, 0.2) is 0 Å². The molecule has 4 heteroatoms. The summed E-state index contributed by atoms with van der Waals surface area (Å²) in [6, 6.07) is 7.46. The third kappa shape index (κ3) is 3.22. The molecule has 1 rings (SSSR count). The maximum absolute atomic E-state index is 8.66. The Morgan fingerprint density at radius 2 is 2.36 bits per heavy atom. The summed E-state index contributed by atoms with van der Waals surface area (Å²) in [6.45, 7) is 0.711. The van der Waals surface area contributed by atoms with Crippen LogP contribution in [0.2, 0.25) is 5.02 Å². The van der Waals surface area contributed by atoms with Crippen molar-refractivity contribution in [2.24, 2.45) is 0 Å². The Hall–Kier alpha value is -0.690. The fourth-order valence-electron chi connectivity index (χ4n) is 0.919. The summed E-state index contributed by atoms with van der Waals surface area (Å²) in [4.78, 5) is 1.06. The minimum absolute atomic E-state index is 0.509.